The van der Waals surface area contributed by atoms with Crippen molar-refractivity contribution < 1.29 is 14.3 Å². The van der Waals surface area contributed by atoms with Gasteiger partial charge in [0, 0.05) is 25.0 Å². The fourth-order valence-corrected chi connectivity index (χ4v) is 3.26. The van der Waals surface area contributed by atoms with Crippen LogP contribution in [-0.4, -0.2) is 47.1 Å². The molecule has 3 rings (SSSR count). The monoisotopic (exact) mass is 318 g/mol. The summed E-state index contributed by atoms with van der Waals surface area (Å²) in [6.45, 7) is 0.507. The summed E-state index contributed by atoms with van der Waals surface area (Å²) in [6.07, 6.45) is 9.21. The molecule has 2 heterocycles. The van der Waals surface area contributed by atoms with Crippen molar-refractivity contribution in [3.8, 4) is 0 Å². The smallest absolute Gasteiger partial charge is 0.329 e. The number of rotatable bonds is 5. The molecular formula is C16H22N4O3. The van der Waals surface area contributed by atoms with Gasteiger partial charge >= 0.3 is 5.97 Å². The Morgan fingerprint density at radius 3 is 2.65 bits per heavy atom. The minimum absolute atomic E-state index is 0.213. The number of ether oxygens (including phenoxy) is 1. The molecule has 1 aromatic rings. The van der Waals surface area contributed by atoms with Crippen LogP contribution in [0.4, 0.5) is 5.95 Å². The normalized spacial score (nSPS) is 21.4. The SMILES string of the molecule is O=C(COC(=O)C1CCCN1c1ncccn1)NC1CCCC1. The van der Waals surface area contributed by atoms with E-state index in [1.807, 2.05) is 4.90 Å². The largest absolute Gasteiger partial charge is 0.454 e. The van der Waals surface area contributed by atoms with E-state index in [4.69, 9.17) is 4.74 Å². The van der Waals surface area contributed by atoms with Crippen LogP contribution < -0.4 is 10.2 Å². The van der Waals surface area contributed by atoms with E-state index in [0.29, 0.717) is 12.4 Å². The molecule has 2 aliphatic rings. The predicted octanol–water partition coefficient (Wildman–Crippen LogP) is 1.05. The van der Waals surface area contributed by atoms with Gasteiger partial charge in [-0.05, 0) is 31.7 Å². The summed E-state index contributed by atoms with van der Waals surface area (Å²) < 4.78 is 5.20. The van der Waals surface area contributed by atoms with Crippen molar-refractivity contribution in [1.82, 2.24) is 15.3 Å². The molecule has 0 bridgehead atoms. The van der Waals surface area contributed by atoms with Crippen LogP contribution in [0.3, 0.4) is 0 Å². The summed E-state index contributed by atoms with van der Waals surface area (Å²) in [5.41, 5.74) is 0. The van der Waals surface area contributed by atoms with Gasteiger partial charge in [-0.15, -0.1) is 0 Å². The molecule has 1 N–H and O–H groups in total. The Morgan fingerprint density at radius 1 is 1.17 bits per heavy atom. The highest BCUT2D eigenvalue weighted by Gasteiger charge is 2.34. The zero-order valence-corrected chi connectivity index (χ0v) is 13.1. The molecule has 1 aliphatic carbocycles. The van der Waals surface area contributed by atoms with Crippen LogP contribution in [0.15, 0.2) is 18.5 Å². The van der Waals surface area contributed by atoms with E-state index in [0.717, 1.165) is 38.6 Å². The maximum absolute atomic E-state index is 12.3. The lowest BCUT2D eigenvalue weighted by molar-refractivity contribution is -0.149. The van der Waals surface area contributed by atoms with Crippen LogP contribution in [-0.2, 0) is 14.3 Å². The lowest BCUT2D eigenvalue weighted by Gasteiger charge is -2.22. The standard InChI is InChI=1S/C16H22N4O3/c21-14(19-12-5-1-2-6-12)11-23-15(22)13-7-3-10-20(13)16-17-8-4-9-18-16/h4,8-9,12-13H,1-3,5-7,10-11H2,(H,19,21). The molecule has 1 atom stereocenters. The fraction of sp³-hybridized carbons (Fsp3) is 0.625. The van der Waals surface area contributed by atoms with Crippen LogP contribution in [0, 0.1) is 0 Å². The van der Waals surface area contributed by atoms with Gasteiger partial charge in [-0.25, -0.2) is 14.8 Å². The molecule has 1 saturated carbocycles. The molecule has 1 amide bonds. The summed E-state index contributed by atoms with van der Waals surface area (Å²) in [6, 6.07) is 1.57. The van der Waals surface area contributed by atoms with Crippen LogP contribution >= 0.6 is 0 Å². The number of carbonyl (C=O) groups excluding carboxylic acids is 2. The number of esters is 1. The molecule has 124 valence electrons. The van der Waals surface area contributed by atoms with Crippen molar-refractivity contribution in [3.63, 3.8) is 0 Å². The first-order chi connectivity index (χ1) is 11.2. The highest BCUT2D eigenvalue weighted by molar-refractivity contribution is 5.84. The highest BCUT2D eigenvalue weighted by Crippen LogP contribution is 2.22. The van der Waals surface area contributed by atoms with Crippen LogP contribution in [0.25, 0.3) is 0 Å². The Balaban J connectivity index is 1.50. The average molecular weight is 318 g/mol. The number of hydrogen-bond donors (Lipinski definition) is 1. The summed E-state index contributed by atoms with van der Waals surface area (Å²) >= 11 is 0. The molecule has 1 unspecified atom stereocenters. The third kappa shape index (κ3) is 3.97. The first-order valence-electron chi connectivity index (χ1n) is 8.24. The molecular weight excluding hydrogens is 296 g/mol. The Kier molecular flexibility index (Phi) is 5.05. The van der Waals surface area contributed by atoms with Gasteiger partial charge in [-0.1, -0.05) is 12.8 Å². The lowest BCUT2D eigenvalue weighted by Crippen LogP contribution is -2.41. The molecule has 23 heavy (non-hydrogen) atoms. The third-order valence-corrected chi connectivity index (χ3v) is 4.40. The molecule has 0 spiro atoms. The molecule has 2 fully saturated rings. The topological polar surface area (TPSA) is 84.4 Å². The zero-order valence-electron chi connectivity index (χ0n) is 13.1. The van der Waals surface area contributed by atoms with Gasteiger partial charge in [0.15, 0.2) is 6.61 Å². The molecule has 1 aliphatic heterocycles. The minimum atomic E-state index is -0.406. The van der Waals surface area contributed by atoms with E-state index in [2.05, 4.69) is 15.3 Å². The van der Waals surface area contributed by atoms with Crippen molar-refractivity contribution in [2.24, 2.45) is 0 Å². The van der Waals surface area contributed by atoms with Crippen molar-refractivity contribution in [1.29, 1.82) is 0 Å². The molecule has 7 heteroatoms. The number of nitrogens with one attached hydrogen (secondary N) is 1. The van der Waals surface area contributed by atoms with Crippen molar-refractivity contribution in [2.45, 2.75) is 50.6 Å². The fourth-order valence-electron chi connectivity index (χ4n) is 3.26. The summed E-state index contributed by atoms with van der Waals surface area (Å²) in [4.78, 5) is 34.3. The lowest BCUT2D eigenvalue weighted by atomic mass is 10.2. The Bertz CT molecular complexity index is 546. The number of anilines is 1. The predicted molar refractivity (Wildman–Crippen MR) is 83.8 cm³/mol. The molecule has 0 radical (unpaired) electrons. The summed E-state index contributed by atoms with van der Waals surface area (Å²) in [7, 11) is 0. The summed E-state index contributed by atoms with van der Waals surface area (Å²) in [5, 5.41) is 2.91. The highest BCUT2D eigenvalue weighted by atomic mass is 16.5. The third-order valence-electron chi connectivity index (χ3n) is 4.40. The summed E-state index contributed by atoms with van der Waals surface area (Å²) in [5.74, 6) is -0.0651. The quantitative estimate of drug-likeness (QED) is 0.817. The van der Waals surface area contributed by atoms with Crippen LogP contribution in [0.2, 0.25) is 0 Å². The average Bonchev–Trinajstić information content (AvgIpc) is 3.25. The maximum atomic E-state index is 12.3. The maximum Gasteiger partial charge on any atom is 0.329 e. The van der Waals surface area contributed by atoms with Gasteiger partial charge in [0.1, 0.15) is 6.04 Å². The minimum Gasteiger partial charge on any atom is -0.454 e. The van der Waals surface area contributed by atoms with Crippen LogP contribution in [0.1, 0.15) is 38.5 Å². The number of amides is 1. The molecule has 0 aromatic carbocycles. The van der Waals surface area contributed by atoms with E-state index in [-0.39, 0.29) is 24.5 Å². The van der Waals surface area contributed by atoms with Gasteiger partial charge in [0.2, 0.25) is 5.95 Å². The molecule has 7 nitrogen and oxygen atoms in total. The first-order valence-corrected chi connectivity index (χ1v) is 8.24. The molecule has 1 saturated heterocycles. The second-order valence-electron chi connectivity index (χ2n) is 6.06. The second-order valence-corrected chi connectivity index (χ2v) is 6.06. The Hall–Kier alpha value is -2.18. The van der Waals surface area contributed by atoms with Gasteiger partial charge < -0.3 is 15.0 Å². The number of hydrogen-bond acceptors (Lipinski definition) is 6. The number of carbonyl (C=O) groups is 2. The van der Waals surface area contributed by atoms with E-state index >= 15 is 0 Å². The van der Waals surface area contributed by atoms with E-state index in [9.17, 15) is 9.59 Å². The zero-order chi connectivity index (χ0) is 16.1. The van der Waals surface area contributed by atoms with E-state index < -0.39 is 6.04 Å². The van der Waals surface area contributed by atoms with Gasteiger partial charge in [-0.3, -0.25) is 4.79 Å². The van der Waals surface area contributed by atoms with Crippen molar-refractivity contribution in [3.05, 3.63) is 18.5 Å². The van der Waals surface area contributed by atoms with Gasteiger partial charge in [0.25, 0.3) is 5.91 Å². The van der Waals surface area contributed by atoms with E-state index in [1.165, 1.54) is 0 Å². The Labute approximate surface area is 135 Å². The van der Waals surface area contributed by atoms with Gasteiger partial charge in [0.05, 0.1) is 0 Å². The number of aromatic nitrogens is 2. The first kappa shape index (κ1) is 15.7. The number of nitrogens with zero attached hydrogens (tertiary/aromatic N) is 3. The van der Waals surface area contributed by atoms with E-state index in [1.54, 1.807) is 18.5 Å². The van der Waals surface area contributed by atoms with Crippen molar-refractivity contribution >= 4 is 17.8 Å². The Morgan fingerprint density at radius 2 is 1.91 bits per heavy atom. The second kappa shape index (κ2) is 7.39. The van der Waals surface area contributed by atoms with Crippen LogP contribution in [0.5, 0.6) is 0 Å². The van der Waals surface area contributed by atoms with Crippen molar-refractivity contribution in [2.75, 3.05) is 18.1 Å². The molecule has 1 aromatic heterocycles. The van der Waals surface area contributed by atoms with Gasteiger partial charge in [-0.2, -0.15) is 0 Å².